The molecule has 2 atom stereocenters. The lowest BCUT2D eigenvalue weighted by atomic mass is 9.95. The second-order valence-corrected chi connectivity index (χ2v) is 7.74. The Labute approximate surface area is 155 Å². The average molecular weight is 355 g/mol. The van der Waals surface area contributed by atoms with E-state index < -0.39 is 0 Å². The number of hydrogen-bond donors (Lipinski definition) is 1. The van der Waals surface area contributed by atoms with Crippen LogP contribution in [0.4, 0.5) is 0 Å². The topological polar surface area (TPSA) is 33.1 Å². The predicted molar refractivity (Wildman–Crippen MR) is 104 cm³/mol. The standard InChI is InChI=1S/C20H26N4S/c1-13-12-16(14(2)23(13)3)19-18(17-10-6-7-11-21-17)22-20(25)24(19)15-8-4-5-9-15/h6-7,10-12,15,18-19H,4-5,8-9H2,1-3H3,(H,22,25)/t18-,19-/m1/s1. The van der Waals surface area contributed by atoms with Gasteiger partial charge in [-0.3, -0.25) is 4.98 Å². The molecule has 0 radical (unpaired) electrons. The van der Waals surface area contributed by atoms with E-state index in [1.165, 1.54) is 42.6 Å². The summed E-state index contributed by atoms with van der Waals surface area (Å²) in [7, 11) is 2.14. The van der Waals surface area contributed by atoms with Gasteiger partial charge in [-0.15, -0.1) is 0 Å². The van der Waals surface area contributed by atoms with Crippen molar-refractivity contribution in [2.75, 3.05) is 0 Å². The maximum absolute atomic E-state index is 5.79. The van der Waals surface area contributed by atoms with Gasteiger partial charge in [0.05, 0.1) is 17.8 Å². The molecule has 4 nitrogen and oxygen atoms in total. The lowest BCUT2D eigenvalue weighted by Gasteiger charge is -2.33. The van der Waals surface area contributed by atoms with Crippen molar-refractivity contribution >= 4 is 17.3 Å². The zero-order valence-corrected chi connectivity index (χ0v) is 16.0. The lowest BCUT2D eigenvalue weighted by molar-refractivity contribution is 0.245. The number of aromatic nitrogens is 2. The monoisotopic (exact) mass is 354 g/mol. The number of hydrogen-bond acceptors (Lipinski definition) is 2. The van der Waals surface area contributed by atoms with Crippen LogP contribution >= 0.6 is 12.2 Å². The van der Waals surface area contributed by atoms with Crippen LogP contribution in [0.1, 0.15) is 60.4 Å². The van der Waals surface area contributed by atoms with E-state index in [0.29, 0.717) is 6.04 Å². The average Bonchev–Trinajstić information content (AvgIpc) is 3.31. The summed E-state index contributed by atoms with van der Waals surface area (Å²) in [6.45, 7) is 4.39. The van der Waals surface area contributed by atoms with Crippen molar-refractivity contribution in [2.24, 2.45) is 7.05 Å². The first-order valence-electron chi connectivity index (χ1n) is 9.20. The van der Waals surface area contributed by atoms with Gasteiger partial charge in [0.25, 0.3) is 0 Å². The van der Waals surface area contributed by atoms with Crippen molar-refractivity contribution < 1.29 is 0 Å². The van der Waals surface area contributed by atoms with Crippen LogP contribution in [-0.2, 0) is 7.05 Å². The molecule has 132 valence electrons. The first kappa shape index (κ1) is 16.6. The molecule has 1 saturated heterocycles. The van der Waals surface area contributed by atoms with Crippen LogP contribution < -0.4 is 5.32 Å². The summed E-state index contributed by atoms with van der Waals surface area (Å²) >= 11 is 5.79. The summed E-state index contributed by atoms with van der Waals surface area (Å²) in [5, 5.41) is 4.47. The molecule has 0 spiro atoms. The highest BCUT2D eigenvalue weighted by molar-refractivity contribution is 7.80. The minimum absolute atomic E-state index is 0.106. The number of nitrogens with zero attached hydrogens (tertiary/aromatic N) is 3. The molecule has 2 aromatic heterocycles. The van der Waals surface area contributed by atoms with E-state index in [9.17, 15) is 0 Å². The molecular weight excluding hydrogens is 328 g/mol. The van der Waals surface area contributed by atoms with Gasteiger partial charge in [0.2, 0.25) is 0 Å². The zero-order valence-electron chi connectivity index (χ0n) is 15.2. The van der Waals surface area contributed by atoms with Gasteiger partial charge in [0.1, 0.15) is 0 Å². The molecule has 1 aliphatic carbocycles. The largest absolute Gasteiger partial charge is 0.352 e. The zero-order chi connectivity index (χ0) is 17.6. The normalized spacial score (nSPS) is 24.1. The van der Waals surface area contributed by atoms with Gasteiger partial charge in [0.15, 0.2) is 5.11 Å². The predicted octanol–water partition coefficient (Wildman–Crippen LogP) is 3.95. The molecule has 4 rings (SSSR count). The number of thiocarbonyl (C=S) groups is 1. The van der Waals surface area contributed by atoms with Crippen molar-refractivity contribution in [3.63, 3.8) is 0 Å². The van der Waals surface area contributed by atoms with Crippen molar-refractivity contribution in [3.05, 3.63) is 53.1 Å². The Morgan fingerprint density at radius 3 is 2.56 bits per heavy atom. The van der Waals surface area contributed by atoms with E-state index in [4.69, 9.17) is 12.2 Å². The maximum atomic E-state index is 5.79. The summed E-state index contributed by atoms with van der Waals surface area (Å²) in [6.07, 6.45) is 6.95. The summed E-state index contributed by atoms with van der Waals surface area (Å²) in [5.74, 6) is 0. The van der Waals surface area contributed by atoms with Crippen LogP contribution in [0.15, 0.2) is 30.5 Å². The first-order valence-corrected chi connectivity index (χ1v) is 9.61. The third-order valence-electron chi connectivity index (χ3n) is 5.99. The van der Waals surface area contributed by atoms with E-state index in [0.717, 1.165) is 10.8 Å². The first-order chi connectivity index (χ1) is 12.1. The molecule has 0 unspecified atom stereocenters. The number of pyridine rings is 1. The van der Waals surface area contributed by atoms with Crippen LogP contribution in [0.5, 0.6) is 0 Å². The van der Waals surface area contributed by atoms with Gasteiger partial charge in [-0.25, -0.2) is 0 Å². The van der Waals surface area contributed by atoms with Gasteiger partial charge in [0, 0.05) is 30.7 Å². The van der Waals surface area contributed by atoms with Gasteiger partial charge in [-0.2, -0.15) is 0 Å². The summed E-state index contributed by atoms with van der Waals surface area (Å²) in [6, 6.07) is 9.33. The Bertz CT molecular complexity index is 776. The van der Waals surface area contributed by atoms with E-state index in [-0.39, 0.29) is 12.1 Å². The smallest absolute Gasteiger partial charge is 0.170 e. The van der Waals surface area contributed by atoms with Crippen LogP contribution in [0.3, 0.4) is 0 Å². The molecule has 25 heavy (non-hydrogen) atoms. The van der Waals surface area contributed by atoms with Crippen LogP contribution in [0, 0.1) is 13.8 Å². The molecule has 2 aliphatic rings. The van der Waals surface area contributed by atoms with Crippen molar-refractivity contribution in [1.82, 2.24) is 19.8 Å². The molecular formula is C20H26N4S. The molecule has 0 bridgehead atoms. The highest BCUT2D eigenvalue weighted by Gasteiger charge is 2.44. The summed E-state index contributed by atoms with van der Waals surface area (Å²) < 4.78 is 2.28. The second-order valence-electron chi connectivity index (χ2n) is 7.36. The quantitative estimate of drug-likeness (QED) is 0.846. The number of aryl methyl sites for hydroxylation is 1. The summed E-state index contributed by atoms with van der Waals surface area (Å²) in [5.41, 5.74) is 5.04. The molecule has 5 heteroatoms. The van der Waals surface area contributed by atoms with Crippen LogP contribution in [-0.4, -0.2) is 25.6 Å². The SMILES string of the molecule is Cc1cc([C@@H]2[C@@H](c3ccccn3)NC(=S)N2C2CCCC2)c(C)n1C. The highest BCUT2D eigenvalue weighted by atomic mass is 32.1. The Morgan fingerprint density at radius 2 is 1.96 bits per heavy atom. The molecule has 0 aromatic carbocycles. The van der Waals surface area contributed by atoms with Gasteiger partial charge in [-0.05, 0) is 62.7 Å². The molecule has 3 heterocycles. The van der Waals surface area contributed by atoms with E-state index in [1.54, 1.807) is 0 Å². The Hall–Kier alpha value is -1.88. The molecule has 1 aliphatic heterocycles. The number of nitrogens with one attached hydrogen (secondary N) is 1. The molecule has 2 fully saturated rings. The minimum Gasteiger partial charge on any atom is -0.352 e. The fraction of sp³-hybridized carbons (Fsp3) is 0.500. The van der Waals surface area contributed by atoms with Gasteiger partial charge in [-0.1, -0.05) is 18.9 Å². The van der Waals surface area contributed by atoms with Crippen LogP contribution in [0.2, 0.25) is 0 Å². The van der Waals surface area contributed by atoms with E-state index >= 15 is 0 Å². The third-order valence-corrected chi connectivity index (χ3v) is 6.32. The fourth-order valence-electron chi connectivity index (χ4n) is 4.46. The summed E-state index contributed by atoms with van der Waals surface area (Å²) in [4.78, 5) is 7.11. The lowest BCUT2D eigenvalue weighted by Crippen LogP contribution is -2.37. The van der Waals surface area contributed by atoms with E-state index in [2.05, 4.69) is 58.9 Å². The Kier molecular flexibility index (Phi) is 4.28. The highest BCUT2D eigenvalue weighted by Crippen LogP contribution is 2.44. The van der Waals surface area contributed by atoms with Crippen molar-refractivity contribution in [3.8, 4) is 0 Å². The van der Waals surface area contributed by atoms with Crippen molar-refractivity contribution in [1.29, 1.82) is 0 Å². The Morgan fingerprint density at radius 1 is 1.20 bits per heavy atom. The van der Waals surface area contributed by atoms with Crippen LogP contribution in [0.25, 0.3) is 0 Å². The van der Waals surface area contributed by atoms with Gasteiger partial charge < -0.3 is 14.8 Å². The fourth-order valence-corrected chi connectivity index (χ4v) is 4.85. The number of rotatable bonds is 3. The maximum Gasteiger partial charge on any atom is 0.170 e. The minimum atomic E-state index is 0.106. The van der Waals surface area contributed by atoms with Crippen molar-refractivity contribution in [2.45, 2.75) is 57.7 Å². The van der Waals surface area contributed by atoms with Gasteiger partial charge >= 0.3 is 0 Å². The molecule has 1 N–H and O–H groups in total. The second kappa shape index (κ2) is 6.45. The molecule has 0 amide bonds. The molecule has 1 saturated carbocycles. The van der Waals surface area contributed by atoms with E-state index in [1.807, 2.05) is 12.3 Å². The Balaban J connectivity index is 1.81. The third kappa shape index (κ3) is 2.74. The molecule has 2 aromatic rings.